The molecule has 0 saturated carbocycles. The van der Waals surface area contributed by atoms with Crippen LogP contribution in [0.25, 0.3) is 6.08 Å². The van der Waals surface area contributed by atoms with E-state index in [1.807, 2.05) is 18.2 Å². The minimum atomic E-state index is -0.333. The minimum Gasteiger partial charge on any atom is -0.493 e. The van der Waals surface area contributed by atoms with Crippen LogP contribution in [0.2, 0.25) is 0 Å². The number of carbonyl (C=O) groups is 1. The quantitative estimate of drug-likeness (QED) is 0.877. The van der Waals surface area contributed by atoms with Gasteiger partial charge in [0.15, 0.2) is 0 Å². The SMILES string of the molecule is Cc1ccc(NC(=O)/C=C/c2ccc3c(c2)CCO3)cc1F. The average Bonchev–Trinajstić information content (AvgIpc) is 2.96. The molecule has 0 unspecified atom stereocenters. The Labute approximate surface area is 128 Å². The average molecular weight is 297 g/mol. The third kappa shape index (κ3) is 3.17. The number of carbonyl (C=O) groups excluding carboxylic acids is 1. The van der Waals surface area contributed by atoms with Crippen LogP contribution in [0.15, 0.2) is 42.5 Å². The first kappa shape index (κ1) is 14.3. The molecule has 0 aliphatic carbocycles. The highest BCUT2D eigenvalue weighted by atomic mass is 19.1. The number of hydrogen-bond acceptors (Lipinski definition) is 2. The lowest BCUT2D eigenvalue weighted by Crippen LogP contribution is -2.08. The monoisotopic (exact) mass is 297 g/mol. The standard InChI is InChI=1S/C18H16FNO2/c1-12-2-5-15(11-16(12)19)20-18(21)7-4-13-3-6-17-14(10-13)8-9-22-17/h2-7,10-11H,8-9H2,1H3,(H,20,21)/b7-4+. The summed E-state index contributed by atoms with van der Waals surface area (Å²) in [4.78, 5) is 11.9. The lowest BCUT2D eigenvalue weighted by molar-refractivity contribution is -0.111. The van der Waals surface area contributed by atoms with E-state index in [2.05, 4.69) is 5.32 Å². The summed E-state index contributed by atoms with van der Waals surface area (Å²) >= 11 is 0. The highest BCUT2D eigenvalue weighted by molar-refractivity contribution is 6.01. The second kappa shape index (κ2) is 6.02. The first-order valence-electron chi connectivity index (χ1n) is 7.13. The molecule has 1 aliphatic rings. The van der Waals surface area contributed by atoms with Gasteiger partial charge in [0.05, 0.1) is 6.61 Å². The van der Waals surface area contributed by atoms with Crippen molar-refractivity contribution >= 4 is 17.7 Å². The predicted octanol–water partition coefficient (Wildman–Crippen LogP) is 3.72. The molecule has 0 atom stereocenters. The Balaban J connectivity index is 1.67. The van der Waals surface area contributed by atoms with Gasteiger partial charge in [-0.1, -0.05) is 12.1 Å². The van der Waals surface area contributed by atoms with E-state index in [4.69, 9.17) is 4.74 Å². The third-order valence-electron chi connectivity index (χ3n) is 3.58. The van der Waals surface area contributed by atoms with E-state index in [1.165, 1.54) is 12.1 Å². The first-order valence-corrected chi connectivity index (χ1v) is 7.13. The van der Waals surface area contributed by atoms with Gasteiger partial charge in [-0.25, -0.2) is 4.39 Å². The molecule has 1 amide bonds. The fourth-order valence-corrected chi connectivity index (χ4v) is 2.34. The van der Waals surface area contributed by atoms with Gasteiger partial charge < -0.3 is 10.1 Å². The maximum Gasteiger partial charge on any atom is 0.248 e. The first-order chi connectivity index (χ1) is 10.6. The number of halogens is 1. The molecular weight excluding hydrogens is 281 g/mol. The molecule has 1 aliphatic heterocycles. The molecule has 0 spiro atoms. The Morgan fingerprint density at radius 2 is 2.14 bits per heavy atom. The van der Waals surface area contributed by atoms with Crippen LogP contribution >= 0.6 is 0 Å². The number of hydrogen-bond donors (Lipinski definition) is 1. The summed E-state index contributed by atoms with van der Waals surface area (Å²) in [6.45, 7) is 2.39. The molecule has 0 radical (unpaired) electrons. The summed E-state index contributed by atoms with van der Waals surface area (Å²) in [7, 11) is 0. The normalized spacial score (nSPS) is 13.0. The van der Waals surface area contributed by atoms with Crippen LogP contribution in [0.4, 0.5) is 10.1 Å². The van der Waals surface area contributed by atoms with E-state index in [9.17, 15) is 9.18 Å². The number of rotatable bonds is 3. The second-order valence-corrected chi connectivity index (χ2v) is 5.25. The summed E-state index contributed by atoms with van der Waals surface area (Å²) < 4.78 is 18.9. The summed E-state index contributed by atoms with van der Waals surface area (Å²) in [6.07, 6.45) is 4.07. The van der Waals surface area contributed by atoms with Crippen molar-refractivity contribution in [2.75, 3.05) is 11.9 Å². The molecule has 2 aromatic carbocycles. The van der Waals surface area contributed by atoms with Crippen molar-refractivity contribution in [3.63, 3.8) is 0 Å². The van der Waals surface area contributed by atoms with Crippen molar-refractivity contribution in [3.05, 3.63) is 65.0 Å². The van der Waals surface area contributed by atoms with Gasteiger partial charge in [-0.05, 0) is 54.0 Å². The van der Waals surface area contributed by atoms with E-state index in [0.717, 1.165) is 23.3 Å². The van der Waals surface area contributed by atoms with E-state index >= 15 is 0 Å². The maximum atomic E-state index is 13.4. The van der Waals surface area contributed by atoms with Crippen molar-refractivity contribution in [3.8, 4) is 5.75 Å². The Kier molecular flexibility index (Phi) is 3.92. The second-order valence-electron chi connectivity index (χ2n) is 5.25. The van der Waals surface area contributed by atoms with E-state index in [-0.39, 0.29) is 11.7 Å². The number of fused-ring (bicyclic) bond motifs is 1. The van der Waals surface area contributed by atoms with Crippen molar-refractivity contribution in [2.45, 2.75) is 13.3 Å². The Bertz CT molecular complexity index is 753. The zero-order valence-corrected chi connectivity index (χ0v) is 12.2. The van der Waals surface area contributed by atoms with Gasteiger partial charge in [-0.15, -0.1) is 0 Å². The fraction of sp³-hybridized carbons (Fsp3) is 0.167. The predicted molar refractivity (Wildman–Crippen MR) is 84.4 cm³/mol. The van der Waals surface area contributed by atoms with Gasteiger partial charge in [0, 0.05) is 18.2 Å². The highest BCUT2D eigenvalue weighted by Crippen LogP contribution is 2.26. The number of benzene rings is 2. The lowest BCUT2D eigenvalue weighted by atomic mass is 10.1. The number of nitrogens with one attached hydrogen (secondary N) is 1. The van der Waals surface area contributed by atoms with Crippen LogP contribution in [0, 0.1) is 12.7 Å². The summed E-state index contributed by atoms with van der Waals surface area (Å²) in [5, 5.41) is 2.64. The number of aryl methyl sites for hydroxylation is 1. The minimum absolute atomic E-state index is 0.292. The van der Waals surface area contributed by atoms with Crippen LogP contribution in [0.3, 0.4) is 0 Å². The molecule has 4 heteroatoms. The van der Waals surface area contributed by atoms with Gasteiger partial charge in [0.1, 0.15) is 11.6 Å². The van der Waals surface area contributed by atoms with E-state index in [1.54, 1.807) is 25.1 Å². The summed E-state index contributed by atoms with van der Waals surface area (Å²) in [6, 6.07) is 10.5. The molecule has 22 heavy (non-hydrogen) atoms. The fourth-order valence-electron chi connectivity index (χ4n) is 2.34. The maximum absolute atomic E-state index is 13.4. The van der Waals surface area contributed by atoms with E-state index in [0.29, 0.717) is 17.9 Å². The van der Waals surface area contributed by atoms with Gasteiger partial charge in [-0.3, -0.25) is 4.79 Å². The third-order valence-corrected chi connectivity index (χ3v) is 3.58. The van der Waals surface area contributed by atoms with Crippen molar-refractivity contribution < 1.29 is 13.9 Å². The molecule has 0 bridgehead atoms. The molecule has 1 N–H and O–H groups in total. The number of amides is 1. The molecule has 3 rings (SSSR count). The lowest BCUT2D eigenvalue weighted by Gasteiger charge is -2.04. The summed E-state index contributed by atoms with van der Waals surface area (Å²) in [5.74, 6) is 0.289. The smallest absolute Gasteiger partial charge is 0.248 e. The van der Waals surface area contributed by atoms with Crippen molar-refractivity contribution in [1.82, 2.24) is 0 Å². The molecule has 1 heterocycles. The van der Waals surface area contributed by atoms with Crippen LogP contribution < -0.4 is 10.1 Å². The zero-order valence-electron chi connectivity index (χ0n) is 12.2. The van der Waals surface area contributed by atoms with Crippen LogP contribution in [-0.2, 0) is 11.2 Å². The molecule has 0 fully saturated rings. The molecule has 3 nitrogen and oxygen atoms in total. The Morgan fingerprint density at radius 3 is 2.95 bits per heavy atom. The highest BCUT2D eigenvalue weighted by Gasteiger charge is 2.11. The van der Waals surface area contributed by atoms with Crippen molar-refractivity contribution in [2.24, 2.45) is 0 Å². The van der Waals surface area contributed by atoms with Gasteiger partial charge >= 0.3 is 0 Å². The largest absolute Gasteiger partial charge is 0.493 e. The zero-order chi connectivity index (χ0) is 15.5. The Hall–Kier alpha value is -2.62. The molecule has 2 aromatic rings. The van der Waals surface area contributed by atoms with Crippen LogP contribution in [0.5, 0.6) is 5.75 Å². The van der Waals surface area contributed by atoms with Gasteiger partial charge in [0.2, 0.25) is 5.91 Å². The molecule has 0 aromatic heterocycles. The number of anilines is 1. The Morgan fingerprint density at radius 1 is 1.27 bits per heavy atom. The molecular formula is C18H16FNO2. The topological polar surface area (TPSA) is 38.3 Å². The van der Waals surface area contributed by atoms with Crippen LogP contribution in [-0.4, -0.2) is 12.5 Å². The molecule has 0 saturated heterocycles. The van der Waals surface area contributed by atoms with Gasteiger partial charge in [0.25, 0.3) is 0 Å². The van der Waals surface area contributed by atoms with Crippen LogP contribution in [0.1, 0.15) is 16.7 Å². The van der Waals surface area contributed by atoms with Gasteiger partial charge in [-0.2, -0.15) is 0 Å². The number of ether oxygens (including phenoxy) is 1. The van der Waals surface area contributed by atoms with E-state index < -0.39 is 0 Å². The molecule has 112 valence electrons. The summed E-state index contributed by atoms with van der Waals surface area (Å²) in [5.41, 5.74) is 3.09. The van der Waals surface area contributed by atoms with Crippen molar-refractivity contribution in [1.29, 1.82) is 0 Å².